The van der Waals surface area contributed by atoms with E-state index in [0.29, 0.717) is 0 Å². The number of rotatable bonds is 5. The van der Waals surface area contributed by atoms with Gasteiger partial charge in [-0.05, 0) is 36.5 Å². The Hall–Kier alpha value is -0.890. The molecule has 4 heteroatoms. The van der Waals surface area contributed by atoms with Crippen molar-refractivity contribution in [3.63, 3.8) is 0 Å². The van der Waals surface area contributed by atoms with Gasteiger partial charge in [0, 0.05) is 13.1 Å². The van der Waals surface area contributed by atoms with Gasteiger partial charge in [0.05, 0.1) is 6.07 Å². The fraction of sp³-hybridized carbons (Fsp3) is 0.500. The number of hydrogen-bond donors (Lipinski definition) is 1. The topological polar surface area (TPSA) is 39.1 Å². The Kier molecular flexibility index (Phi) is 4.60. The van der Waals surface area contributed by atoms with Crippen LogP contribution in [0.3, 0.4) is 0 Å². The maximum Gasteiger partial charge on any atom is 0.122 e. The molecule has 0 aliphatic rings. The third kappa shape index (κ3) is 3.46. The summed E-state index contributed by atoms with van der Waals surface area (Å²) in [7, 11) is 4.04. The van der Waals surface area contributed by atoms with Crippen molar-refractivity contribution in [3.8, 4) is 6.07 Å². The van der Waals surface area contributed by atoms with Gasteiger partial charge in [0.15, 0.2) is 0 Å². The minimum absolute atomic E-state index is 0.166. The van der Waals surface area contributed by atoms with Crippen molar-refractivity contribution in [2.45, 2.75) is 6.04 Å². The first-order valence-electron chi connectivity index (χ1n) is 4.54. The molecule has 3 nitrogen and oxygen atoms in total. The van der Waals surface area contributed by atoms with Gasteiger partial charge >= 0.3 is 0 Å². The van der Waals surface area contributed by atoms with Crippen LogP contribution in [-0.4, -0.2) is 32.1 Å². The first-order valence-corrected chi connectivity index (χ1v) is 5.48. The Morgan fingerprint density at radius 1 is 1.64 bits per heavy atom. The van der Waals surface area contributed by atoms with Crippen LogP contribution in [0.25, 0.3) is 0 Å². The molecule has 1 aromatic rings. The highest BCUT2D eigenvalue weighted by Crippen LogP contribution is 2.14. The van der Waals surface area contributed by atoms with Gasteiger partial charge in [-0.3, -0.25) is 5.32 Å². The zero-order valence-corrected chi connectivity index (χ0v) is 9.34. The summed E-state index contributed by atoms with van der Waals surface area (Å²) >= 11 is 1.62. The van der Waals surface area contributed by atoms with E-state index in [4.69, 9.17) is 5.26 Å². The summed E-state index contributed by atoms with van der Waals surface area (Å²) in [5.41, 5.74) is 1.07. The Bertz CT molecular complexity index is 287. The molecule has 0 aromatic carbocycles. The van der Waals surface area contributed by atoms with Gasteiger partial charge in [-0.2, -0.15) is 16.6 Å². The van der Waals surface area contributed by atoms with Crippen LogP contribution in [0.5, 0.6) is 0 Å². The highest BCUT2D eigenvalue weighted by Gasteiger charge is 2.08. The van der Waals surface area contributed by atoms with Crippen LogP contribution in [0, 0.1) is 11.3 Å². The molecule has 1 atom stereocenters. The number of likely N-dealkylation sites (N-methyl/N-ethyl adjacent to an activating group) is 1. The summed E-state index contributed by atoms with van der Waals surface area (Å²) in [6.07, 6.45) is 0. The van der Waals surface area contributed by atoms with Gasteiger partial charge in [-0.15, -0.1) is 0 Å². The van der Waals surface area contributed by atoms with Crippen molar-refractivity contribution in [1.29, 1.82) is 5.26 Å². The molecule has 1 rings (SSSR count). The lowest BCUT2D eigenvalue weighted by atomic mass is 10.2. The highest BCUT2D eigenvalue weighted by molar-refractivity contribution is 7.07. The molecule has 0 fully saturated rings. The van der Waals surface area contributed by atoms with E-state index in [2.05, 4.69) is 16.3 Å². The number of nitriles is 1. The molecule has 0 saturated carbocycles. The Labute approximate surface area is 89.0 Å². The number of hydrogen-bond acceptors (Lipinski definition) is 4. The van der Waals surface area contributed by atoms with E-state index in [-0.39, 0.29) is 6.04 Å². The second-order valence-corrected chi connectivity index (χ2v) is 4.16. The highest BCUT2D eigenvalue weighted by atomic mass is 32.1. The minimum Gasteiger partial charge on any atom is -0.308 e. The average Bonchev–Trinajstić information content (AvgIpc) is 2.64. The van der Waals surface area contributed by atoms with Crippen LogP contribution in [0.4, 0.5) is 0 Å². The molecule has 0 radical (unpaired) electrons. The van der Waals surface area contributed by atoms with Gasteiger partial charge in [-0.1, -0.05) is 0 Å². The predicted octanol–water partition coefficient (Wildman–Crippen LogP) is 1.46. The van der Waals surface area contributed by atoms with E-state index in [1.165, 1.54) is 0 Å². The normalized spacial score (nSPS) is 12.7. The number of thiophene rings is 1. The summed E-state index contributed by atoms with van der Waals surface area (Å²) < 4.78 is 0. The zero-order chi connectivity index (χ0) is 10.4. The van der Waals surface area contributed by atoms with Crippen LogP contribution in [0.15, 0.2) is 16.8 Å². The Morgan fingerprint density at radius 2 is 2.43 bits per heavy atom. The Balaban J connectivity index is 2.38. The summed E-state index contributed by atoms with van der Waals surface area (Å²) in [4.78, 5) is 2.09. The van der Waals surface area contributed by atoms with Crippen LogP contribution >= 0.6 is 11.3 Å². The van der Waals surface area contributed by atoms with Crippen LogP contribution in [0.1, 0.15) is 11.6 Å². The first-order chi connectivity index (χ1) is 6.74. The van der Waals surface area contributed by atoms with Gasteiger partial charge in [0.1, 0.15) is 6.04 Å². The molecular weight excluding hydrogens is 194 g/mol. The van der Waals surface area contributed by atoms with Crippen molar-refractivity contribution in [1.82, 2.24) is 10.2 Å². The molecular formula is C10H15N3S. The molecule has 0 spiro atoms. The molecule has 76 valence electrons. The fourth-order valence-electron chi connectivity index (χ4n) is 1.11. The summed E-state index contributed by atoms with van der Waals surface area (Å²) in [5, 5.41) is 16.2. The molecule has 0 aliphatic carbocycles. The van der Waals surface area contributed by atoms with E-state index in [1.807, 2.05) is 30.9 Å². The lowest BCUT2D eigenvalue weighted by Gasteiger charge is -2.13. The summed E-state index contributed by atoms with van der Waals surface area (Å²) in [6.45, 7) is 1.78. The summed E-state index contributed by atoms with van der Waals surface area (Å²) in [5.74, 6) is 0. The number of nitrogens with zero attached hydrogens (tertiary/aromatic N) is 2. The molecule has 1 heterocycles. The maximum atomic E-state index is 8.94. The summed E-state index contributed by atoms with van der Waals surface area (Å²) in [6, 6.07) is 4.08. The number of nitrogens with one attached hydrogen (secondary N) is 1. The van der Waals surface area contributed by atoms with E-state index in [1.54, 1.807) is 11.3 Å². The largest absolute Gasteiger partial charge is 0.308 e. The van der Waals surface area contributed by atoms with Crippen molar-refractivity contribution < 1.29 is 0 Å². The molecule has 1 unspecified atom stereocenters. The first kappa shape index (κ1) is 11.2. The Morgan fingerprint density at radius 3 is 2.93 bits per heavy atom. The average molecular weight is 209 g/mol. The molecule has 0 aliphatic heterocycles. The van der Waals surface area contributed by atoms with Gasteiger partial charge < -0.3 is 4.90 Å². The van der Waals surface area contributed by atoms with Crippen LogP contribution < -0.4 is 5.32 Å². The smallest absolute Gasteiger partial charge is 0.122 e. The molecule has 14 heavy (non-hydrogen) atoms. The van der Waals surface area contributed by atoms with Gasteiger partial charge in [0.25, 0.3) is 0 Å². The van der Waals surface area contributed by atoms with E-state index in [9.17, 15) is 0 Å². The second kappa shape index (κ2) is 5.76. The van der Waals surface area contributed by atoms with Crippen molar-refractivity contribution in [2.24, 2.45) is 0 Å². The molecule has 0 amide bonds. The minimum atomic E-state index is -0.166. The monoisotopic (exact) mass is 209 g/mol. The van der Waals surface area contributed by atoms with Crippen LogP contribution in [0.2, 0.25) is 0 Å². The molecule has 0 saturated heterocycles. The SMILES string of the molecule is CN(C)CCNC(C#N)c1ccsc1. The van der Waals surface area contributed by atoms with E-state index in [0.717, 1.165) is 18.7 Å². The van der Waals surface area contributed by atoms with E-state index < -0.39 is 0 Å². The molecule has 0 bridgehead atoms. The van der Waals surface area contributed by atoms with Gasteiger partial charge in [0.2, 0.25) is 0 Å². The quantitative estimate of drug-likeness (QED) is 0.798. The zero-order valence-electron chi connectivity index (χ0n) is 8.53. The fourth-order valence-corrected chi connectivity index (χ4v) is 1.80. The van der Waals surface area contributed by atoms with Crippen molar-refractivity contribution >= 4 is 11.3 Å². The lowest BCUT2D eigenvalue weighted by molar-refractivity contribution is 0.395. The maximum absolute atomic E-state index is 8.94. The van der Waals surface area contributed by atoms with E-state index >= 15 is 0 Å². The van der Waals surface area contributed by atoms with Crippen molar-refractivity contribution in [3.05, 3.63) is 22.4 Å². The lowest BCUT2D eigenvalue weighted by Crippen LogP contribution is -2.29. The van der Waals surface area contributed by atoms with Crippen LogP contribution in [-0.2, 0) is 0 Å². The molecule has 1 aromatic heterocycles. The second-order valence-electron chi connectivity index (χ2n) is 3.38. The standard InChI is InChI=1S/C10H15N3S/c1-13(2)5-4-12-10(7-11)9-3-6-14-8-9/h3,6,8,10,12H,4-5H2,1-2H3. The third-order valence-corrected chi connectivity index (χ3v) is 2.61. The van der Waals surface area contributed by atoms with Crippen molar-refractivity contribution in [2.75, 3.05) is 27.2 Å². The van der Waals surface area contributed by atoms with Gasteiger partial charge in [-0.25, -0.2) is 0 Å². The predicted molar refractivity (Wildman–Crippen MR) is 59.2 cm³/mol. The molecule has 1 N–H and O–H groups in total. The third-order valence-electron chi connectivity index (χ3n) is 1.91.